The SMILES string of the molecule is COC(=O)/C=C/c1cncc(N(Cc2cccc3cc4cnn(C)c4cc23)C(=O)[C@@H]2C[C@@H]3CC[C@H]2C3)c1. The standard InChI is InChI=1S/C30H30N4O3/c1-33-28-14-26-21(13-24(28)16-32-33)4-3-5-23(26)18-34(30(36)27-12-19-6-8-22(27)10-19)25-11-20(15-31-17-25)7-9-29(35)37-2/h3-5,7,9,11,13-17,19,22,27H,6,8,10,12,18H2,1-2H3/b9-7+/t19-,22+,27-/m1/s1. The number of nitrogens with zero attached hydrogens (tertiary/aromatic N) is 4. The van der Waals surface area contributed by atoms with E-state index in [4.69, 9.17) is 4.74 Å². The van der Waals surface area contributed by atoms with Gasteiger partial charge in [0.1, 0.15) is 0 Å². The van der Waals surface area contributed by atoms with Crippen LogP contribution in [0.2, 0.25) is 0 Å². The average molecular weight is 495 g/mol. The van der Waals surface area contributed by atoms with Gasteiger partial charge >= 0.3 is 5.97 Å². The first kappa shape index (κ1) is 23.4. The minimum Gasteiger partial charge on any atom is -0.466 e. The van der Waals surface area contributed by atoms with Crippen LogP contribution in [0.25, 0.3) is 27.8 Å². The number of fused-ring (bicyclic) bond motifs is 4. The van der Waals surface area contributed by atoms with Gasteiger partial charge in [-0.05, 0) is 77.3 Å². The van der Waals surface area contributed by atoms with Gasteiger partial charge in [-0.15, -0.1) is 0 Å². The molecule has 0 unspecified atom stereocenters. The van der Waals surface area contributed by atoms with Crippen molar-refractivity contribution in [2.45, 2.75) is 32.2 Å². The van der Waals surface area contributed by atoms with Crippen LogP contribution in [0.5, 0.6) is 0 Å². The van der Waals surface area contributed by atoms with Gasteiger partial charge in [0, 0.05) is 30.6 Å². The highest BCUT2D eigenvalue weighted by Crippen LogP contribution is 2.49. The molecule has 4 aromatic rings. The Balaban J connectivity index is 1.41. The predicted octanol–water partition coefficient (Wildman–Crippen LogP) is 5.28. The van der Waals surface area contributed by atoms with Gasteiger partial charge in [-0.25, -0.2) is 4.79 Å². The van der Waals surface area contributed by atoms with Crippen molar-refractivity contribution in [3.8, 4) is 0 Å². The van der Waals surface area contributed by atoms with Crippen LogP contribution in [0, 0.1) is 17.8 Å². The normalized spacial score (nSPS) is 20.8. The molecule has 2 aromatic heterocycles. The Morgan fingerprint density at radius 3 is 2.78 bits per heavy atom. The fourth-order valence-corrected chi connectivity index (χ4v) is 6.26. The molecule has 0 N–H and O–H groups in total. The maximum Gasteiger partial charge on any atom is 0.330 e. The molecule has 1 amide bonds. The van der Waals surface area contributed by atoms with E-state index in [9.17, 15) is 9.59 Å². The number of amides is 1. The molecule has 2 aliphatic carbocycles. The number of ether oxygens (including phenoxy) is 1. The quantitative estimate of drug-likeness (QED) is 0.269. The largest absolute Gasteiger partial charge is 0.466 e. The second-order valence-corrected chi connectivity index (χ2v) is 10.4. The average Bonchev–Trinajstić information content (AvgIpc) is 3.65. The number of methoxy groups -OCH3 is 1. The van der Waals surface area contributed by atoms with E-state index in [0.717, 1.165) is 57.8 Å². The third-order valence-electron chi connectivity index (χ3n) is 8.16. The van der Waals surface area contributed by atoms with E-state index in [1.165, 1.54) is 19.6 Å². The van der Waals surface area contributed by atoms with Crippen LogP contribution in [0.4, 0.5) is 5.69 Å². The Labute approximate surface area is 215 Å². The molecule has 2 saturated carbocycles. The maximum atomic E-state index is 14.1. The fourth-order valence-electron chi connectivity index (χ4n) is 6.26. The first-order valence-electron chi connectivity index (χ1n) is 12.9. The molecule has 0 aliphatic heterocycles. The lowest BCUT2D eigenvalue weighted by Gasteiger charge is -2.30. The summed E-state index contributed by atoms with van der Waals surface area (Å²) in [6, 6.07) is 12.5. The molecule has 2 aliphatic rings. The first-order valence-corrected chi connectivity index (χ1v) is 12.9. The van der Waals surface area contributed by atoms with E-state index in [0.29, 0.717) is 18.4 Å². The van der Waals surface area contributed by atoms with Crippen molar-refractivity contribution in [2.75, 3.05) is 12.0 Å². The van der Waals surface area contributed by atoms with Crippen molar-refractivity contribution in [1.29, 1.82) is 0 Å². The fraction of sp³-hybridized carbons (Fsp3) is 0.333. The van der Waals surface area contributed by atoms with Crippen LogP contribution in [-0.2, 0) is 27.9 Å². The van der Waals surface area contributed by atoms with Gasteiger partial charge in [0.2, 0.25) is 5.91 Å². The lowest BCUT2D eigenvalue weighted by molar-refractivity contribution is -0.134. The van der Waals surface area contributed by atoms with Gasteiger partial charge < -0.3 is 9.64 Å². The predicted molar refractivity (Wildman–Crippen MR) is 144 cm³/mol. The summed E-state index contributed by atoms with van der Waals surface area (Å²) in [6.45, 7) is 0.444. The van der Waals surface area contributed by atoms with E-state index >= 15 is 0 Å². The smallest absolute Gasteiger partial charge is 0.330 e. The molecule has 7 heteroatoms. The number of aromatic nitrogens is 3. The van der Waals surface area contributed by atoms with Gasteiger partial charge in [-0.2, -0.15) is 5.10 Å². The summed E-state index contributed by atoms with van der Waals surface area (Å²) in [4.78, 5) is 32.0. The Morgan fingerprint density at radius 2 is 2.00 bits per heavy atom. The number of hydrogen-bond donors (Lipinski definition) is 0. The monoisotopic (exact) mass is 494 g/mol. The Morgan fingerprint density at radius 1 is 1.11 bits per heavy atom. The van der Waals surface area contributed by atoms with Crippen LogP contribution >= 0.6 is 0 Å². The van der Waals surface area contributed by atoms with Crippen molar-refractivity contribution >= 4 is 45.3 Å². The molecule has 0 radical (unpaired) electrons. The van der Waals surface area contributed by atoms with Crippen LogP contribution in [0.1, 0.15) is 36.8 Å². The highest BCUT2D eigenvalue weighted by atomic mass is 16.5. The zero-order chi connectivity index (χ0) is 25.5. The lowest BCUT2D eigenvalue weighted by atomic mass is 9.87. The summed E-state index contributed by atoms with van der Waals surface area (Å²) >= 11 is 0. The minimum absolute atomic E-state index is 0.0479. The molecule has 0 saturated heterocycles. The summed E-state index contributed by atoms with van der Waals surface area (Å²) in [5.41, 5.74) is 3.61. The summed E-state index contributed by atoms with van der Waals surface area (Å²) in [5.74, 6) is 0.923. The molecule has 6 rings (SSSR count). The van der Waals surface area contributed by atoms with Gasteiger partial charge in [-0.3, -0.25) is 14.5 Å². The number of hydrogen-bond acceptors (Lipinski definition) is 5. The third kappa shape index (κ3) is 4.39. The number of aryl methyl sites for hydroxylation is 1. The van der Waals surface area contributed by atoms with Crippen molar-refractivity contribution in [2.24, 2.45) is 24.8 Å². The molecule has 7 nitrogen and oxygen atoms in total. The lowest BCUT2D eigenvalue weighted by Crippen LogP contribution is -2.38. The number of carbonyl (C=O) groups is 2. The number of pyridine rings is 1. The first-order chi connectivity index (χ1) is 18.0. The molecular weight excluding hydrogens is 464 g/mol. The Kier molecular flexibility index (Phi) is 5.99. The van der Waals surface area contributed by atoms with E-state index in [1.807, 2.05) is 35.0 Å². The topological polar surface area (TPSA) is 77.3 Å². The van der Waals surface area contributed by atoms with Crippen LogP contribution < -0.4 is 4.90 Å². The van der Waals surface area contributed by atoms with Crippen molar-refractivity contribution < 1.29 is 14.3 Å². The zero-order valence-corrected chi connectivity index (χ0v) is 21.1. The summed E-state index contributed by atoms with van der Waals surface area (Å²) < 4.78 is 6.60. The van der Waals surface area contributed by atoms with Gasteiger partial charge in [0.15, 0.2) is 0 Å². The second kappa shape index (κ2) is 9.47. The highest BCUT2D eigenvalue weighted by Gasteiger charge is 2.44. The van der Waals surface area contributed by atoms with E-state index in [-0.39, 0.29) is 11.8 Å². The van der Waals surface area contributed by atoms with Crippen molar-refractivity contribution in [1.82, 2.24) is 14.8 Å². The van der Waals surface area contributed by atoms with Crippen molar-refractivity contribution in [3.05, 3.63) is 72.2 Å². The molecule has 2 bridgehead atoms. The third-order valence-corrected chi connectivity index (χ3v) is 8.16. The zero-order valence-electron chi connectivity index (χ0n) is 21.1. The minimum atomic E-state index is -0.433. The molecule has 2 heterocycles. The summed E-state index contributed by atoms with van der Waals surface area (Å²) in [6.07, 6.45) is 12.9. The van der Waals surface area contributed by atoms with Crippen LogP contribution in [0.3, 0.4) is 0 Å². The Bertz CT molecular complexity index is 1540. The number of esters is 1. The van der Waals surface area contributed by atoms with Crippen LogP contribution in [-0.4, -0.2) is 33.8 Å². The van der Waals surface area contributed by atoms with Gasteiger partial charge in [0.05, 0.1) is 37.3 Å². The van der Waals surface area contributed by atoms with E-state index in [2.05, 4.69) is 34.3 Å². The summed E-state index contributed by atoms with van der Waals surface area (Å²) in [7, 11) is 3.29. The molecule has 0 spiro atoms. The highest BCUT2D eigenvalue weighted by molar-refractivity contribution is 6.00. The Hall–Kier alpha value is -4.00. The van der Waals surface area contributed by atoms with Crippen LogP contribution in [0.15, 0.2) is 61.1 Å². The number of benzene rings is 2. The molecule has 3 atom stereocenters. The number of carbonyl (C=O) groups excluding carboxylic acids is 2. The maximum absolute atomic E-state index is 14.1. The van der Waals surface area contributed by atoms with E-state index in [1.54, 1.807) is 18.5 Å². The molecule has 2 aromatic carbocycles. The van der Waals surface area contributed by atoms with Crippen molar-refractivity contribution in [3.63, 3.8) is 0 Å². The number of anilines is 1. The molecule has 188 valence electrons. The van der Waals surface area contributed by atoms with E-state index < -0.39 is 5.97 Å². The summed E-state index contributed by atoms with van der Waals surface area (Å²) in [5, 5.41) is 7.74. The second-order valence-electron chi connectivity index (χ2n) is 10.4. The molecule has 37 heavy (non-hydrogen) atoms. The molecular formula is C30H30N4O3. The molecule has 2 fully saturated rings. The number of rotatable bonds is 6. The van der Waals surface area contributed by atoms with Gasteiger partial charge in [-0.1, -0.05) is 24.6 Å². The van der Waals surface area contributed by atoms with Gasteiger partial charge in [0.25, 0.3) is 0 Å².